The molecule has 2 N–H and O–H groups in total. The number of anilines is 1. The van der Waals surface area contributed by atoms with E-state index < -0.39 is 0 Å². The van der Waals surface area contributed by atoms with E-state index in [9.17, 15) is 4.79 Å². The van der Waals surface area contributed by atoms with Crippen molar-refractivity contribution in [2.75, 3.05) is 19.0 Å². The van der Waals surface area contributed by atoms with Gasteiger partial charge in [-0.2, -0.15) is 0 Å². The summed E-state index contributed by atoms with van der Waals surface area (Å²) in [6.07, 6.45) is 7.16. The van der Waals surface area contributed by atoms with E-state index in [-0.39, 0.29) is 11.7 Å². The molecule has 3 aromatic carbocycles. The number of nitrogens with one attached hydrogen (secondary N) is 2. The molecule has 1 aliphatic rings. The number of benzene rings is 3. The molecule has 4 aromatic rings. The summed E-state index contributed by atoms with van der Waals surface area (Å²) in [5.74, 6) is 1.83. The maximum Gasteiger partial charge on any atom is 0.220 e. The third-order valence-electron chi connectivity index (χ3n) is 7.97. The molecular formula is C34H38FN3O2. The van der Waals surface area contributed by atoms with Crippen molar-refractivity contribution in [1.82, 2.24) is 10.3 Å². The lowest BCUT2D eigenvalue weighted by Gasteiger charge is -2.21. The summed E-state index contributed by atoms with van der Waals surface area (Å²) >= 11 is 0. The fourth-order valence-corrected chi connectivity index (χ4v) is 5.58. The third-order valence-corrected chi connectivity index (χ3v) is 7.97. The van der Waals surface area contributed by atoms with Crippen LogP contribution in [0.4, 0.5) is 10.2 Å². The number of fused-ring (bicyclic) bond motifs is 1. The molecule has 0 spiro atoms. The number of nitrogens with zero attached hydrogens (tertiary/aromatic N) is 1. The van der Waals surface area contributed by atoms with Gasteiger partial charge in [0.05, 0.1) is 12.6 Å². The van der Waals surface area contributed by atoms with Gasteiger partial charge in [0, 0.05) is 36.5 Å². The summed E-state index contributed by atoms with van der Waals surface area (Å²) in [6.45, 7) is 3.30. The number of carbonyl (C=O) groups excluding carboxylic acids is 1. The first-order valence-electron chi connectivity index (χ1n) is 14.3. The number of methoxy groups -OCH3 is 1. The van der Waals surface area contributed by atoms with Gasteiger partial charge in [-0.05, 0) is 78.6 Å². The highest BCUT2D eigenvalue weighted by Gasteiger charge is 2.16. The van der Waals surface area contributed by atoms with Gasteiger partial charge in [-0.1, -0.05) is 55.7 Å². The van der Waals surface area contributed by atoms with E-state index in [0.29, 0.717) is 42.2 Å². The van der Waals surface area contributed by atoms with E-state index in [4.69, 9.17) is 9.72 Å². The molecule has 0 atom stereocenters. The largest absolute Gasteiger partial charge is 0.497 e. The van der Waals surface area contributed by atoms with Crippen molar-refractivity contribution in [2.45, 2.75) is 58.4 Å². The Morgan fingerprint density at radius 3 is 2.52 bits per heavy atom. The molecule has 1 heterocycles. The Balaban J connectivity index is 1.39. The van der Waals surface area contributed by atoms with Gasteiger partial charge in [-0.25, -0.2) is 9.37 Å². The Bertz CT molecular complexity index is 1460. The maximum absolute atomic E-state index is 15.3. The molecule has 5 rings (SSSR count). The van der Waals surface area contributed by atoms with Crippen LogP contribution in [-0.2, 0) is 17.8 Å². The number of amides is 1. The molecule has 6 heteroatoms. The van der Waals surface area contributed by atoms with Crippen molar-refractivity contribution >= 4 is 22.6 Å². The lowest BCUT2D eigenvalue weighted by atomic mass is 9.89. The number of hydrogen-bond acceptors (Lipinski definition) is 4. The minimum Gasteiger partial charge on any atom is -0.497 e. The Morgan fingerprint density at radius 1 is 1.00 bits per heavy atom. The van der Waals surface area contributed by atoms with Crippen LogP contribution in [0, 0.1) is 18.7 Å². The Kier molecular flexibility index (Phi) is 8.94. The summed E-state index contributed by atoms with van der Waals surface area (Å²) in [6, 6.07) is 21.1. The summed E-state index contributed by atoms with van der Waals surface area (Å²) in [7, 11) is 1.65. The number of rotatable bonds is 10. The van der Waals surface area contributed by atoms with Gasteiger partial charge in [0.25, 0.3) is 0 Å². The fraction of sp³-hybridized carbons (Fsp3) is 0.353. The number of halogens is 1. The molecule has 1 amide bonds. The van der Waals surface area contributed by atoms with Crippen LogP contribution in [0.5, 0.6) is 5.75 Å². The summed E-state index contributed by atoms with van der Waals surface area (Å²) in [5.41, 5.74) is 5.03. The monoisotopic (exact) mass is 539 g/mol. The van der Waals surface area contributed by atoms with Gasteiger partial charge >= 0.3 is 0 Å². The third kappa shape index (κ3) is 6.79. The van der Waals surface area contributed by atoms with Crippen LogP contribution in [0.3, 0.4) is 0 Å². The van der Waals surface area contributed by atoms with Crippen LogP contribution in [0.25, 0.3) is 22.0 Å². The van der Waals surface area contributed by atoms with Crippen LogP contribution in [0.1, 0.15) is 55.2 Å². The highest BCUT2D eigenvalue weighted by atomic mass is 19.1. The Labute approximate surface area is 236 Å². The van der Waals surface area contributed by atoms with E-state index in [1.54, 1.807) is 7.11 Å². The predicted molar refractivity (Wildman–Crippen MR) is 160 cm³/mol. The highest BCUT2D eigenvalue weighted by Crippen LogP contribution is 2.32. The second-order valence-electron chi connectivity index (χ2n) is 10.8. The summed E-state index contributed by atoms with van der Waals surface area (Å²) in [5, 5.41) is 7.44. The molecule has 0 aliphatic heterocycles. The second-order valence-corrected chi connectivity index (χ2v) is 10.8. The first-order valence-corrected chi connectivity index (χ1v) is 14.3. The molecule has 0 radical (unpaired) electrons. The van der Waals surface area contributed by atoms with Crippen LogP contribution in [0.2, 0.25) is 0 Å². The highest BCUT2D eigenvalue weighted by molar-refractivity contribution is 5.88. The lowest BCUT2D eigenvalue weighted by Crippen LogP contribution is -2.30. The van der Waals surface area contributed by atoms with Crippen LogP contribution >= 0.6 is 0 Å². The van der Waals surface area contributed by atoms with E-state index in [1.807, 2.05) is 67.6 Å². The van der Waals surface area contributed by atoms with E-state index in [0.717, 1.165) is 39.9 Å². The number of aromatic nitrogens is 1. The molecule has 1 aromatic heterocycles. The Hall–Kier alpha value is -3.93. The van der Waals surface area contributed by atoms with Gasteiger partial charge < -0.3 is 15.4 Å². The quantitative estimate of drug-likeness (QED) is 0.218. The van der Waals surface area contributed by atoms with Crippen molar-refractivity contribution in [3.63, 3.8) is 0 Å². The molecule has 40 heavy (non-hydrogen) atoms. The number of pyridine rings is 1. The van der Waals surface area contributed by atoms with Gasteiger partial charge in [0.1, 0.15) is 17.4 Å². The van der Waals surface area contributed by atoms with Crippen LogP contribution in [-0.4, -0.2) is 24.5 Å². The van der Waals surface area contributed by atoms with Crippen LogP contribution < -0.4 is 15.4 Å². The molecular weight excluding hydrogens is 501 g/mol. The maximum atomic E-state index is 15.3. The van der Waals surface area contributed by atoms with Crippen LogP contribution in [0.15, 0.2) is 66.7 Å². The fourth-order valence-electron chi connectivity index (χ4n) is 5.58. The summed E-state index contributed by atoms with van der Waals surface area (Å²) in [4.78, 5) is 17.6. The molecule has 208 valence electrons. The zero-order valence-electron chi connectivity index (χ0n) is 23.4. The standard InChI is InChI=1S/C34H38FN3O2/c1-23-8-6-7-11-29(23)30-19-27-18-26(14-17-33(39)36-21-24-9-4-3-5-10-24)34(38-32(27)20-31(30)35)37-22-25-12-15-28(40-2)16-13-25/h6-8,11-13,15-16,18-20,24H,3-5,9-10,14,17,21-22H2,1-2H3,(H,36,39)(H,37,38). The molecule has 1 saturated carbocycles. The zero-order valence-corrected chi connectivity index (χ0v) is 23.4. The number of ether oxygens (including phenoxy) is 1. The van der Waals surface area contributed by atoms with Crippen molar-refractivity contribution in [2.24, 2.45) is 5.92 Å². The minimum absolute atomic E-state index is 0.0616. The molecule has 0 saturated heterocycles. The van der Waals surface area contributed by atoms with Gasteiger partial charge in [-0.15, -0.1) is 0 Å². The van der Waals surface area contributed by atoms with E-state index in [2.05, 4.69) is 10.6 Å². The average molecular weight is 540 g/mol. The second kappa shape index (κ2) is 12.9. The lowest BCUT2D eigenvalue weighted by molar-refractivity contribution is -0.121. The first kappa shape index (κ1) is 27.6. The molecule has 0 bridgehead atoms. The normalized spacial score (nSPS) is 13.8. The van der Waals surface area contributed by atoms with Crippen molar-refractivity contribution in [1.29, 1.82) is 0 Å². The van der Waals surface area contributed by atoms with Gasteiger partial charge in [0.2, 0.25) is 5.91 Å². The first-order chi connectivity index (χ1) is 19.5. The summed E-state index contributed by atoms with van der Waals surface area (Å²) < 4.78 is 20.6. The van der Waals surface area contributed by atoms with Gasteiger partial charge in [-0.3, -0.25) is 4.79 Å². The topological polar surface area (TPSA) is 63.2 Å². The predicted octanol–water partition coefficient (Wildman–Crippen LogP) is 7.60. The number of aryl methyl sites for hydroxylation is 2. The Morgan fingerprint density at radius 2 is 1.77 bits per heavy atom. The van der Waals surface area contributed by atoms with Gasteiger partial charge in [0.15, 0.2) is 0 Å². The zero-order chi connectivity index (χ0) is 27.9. The molecule has 1 aliphatic carbocycles. The number of carbonyl (C=O) groups is 1. The smallest absolute Gasteiger partial charge is 0.220 e. The number of hydrogen-bond donors (Lipinski definition) is 2. The molecule has 0 unspecified atom stereocenters. The molecule has 1 fully saturated rings. The van der Waals surface area contributed by atoms with Crippen molar-refractivity contribution in [3.8, 4) is 16.9 Å². The molecule has 5 nitrogen and oxygen atoms in total. The van der Waals surface area contributed by atoms with Crippen molar-refractivity contribution < 1.29 is 13.9 Å². The van der Waals surface area contributed by atoms with E-state index in [1.165, 1.54) is 38.2 Å². The minimum atomic E-state index is -0.301. The van der Waals surface area contributed by atoms with Crippen molar-refractivity contribution in [3.05, 3.63) is 89.2 Å². The SMILES string of the molecule is COc1ccc(CNc2nc3cc(F)c(-c4ccccc4C)cc3cc2CCC(=O)NCC2CCCCC2)cc1. The van der Waals surface area contributed by atoms with E-state index >= 15 is 4.39 Å². The average Bonchev–Trinajstić information content (AvgIpc) is 2.98.